The molecule has 0 saturated carbocycles. The highest BCUT2D eigenvalue weighted by Crippen LogP contribution is 2.08. The van der Waals surface area contributed by atoms with Crippen LogP contribution >= 0.6 is 0 Å². The van der Waals surface area contributed by atoms with Crippen LogP contribution in [-0.2, 0) is 0 Å². The van der Waals surface area contributed by atoms with Gasteiger partial charge in [0.2, 0.25) is 5.95 Å². The highest BCUT2D eigenvalue weighted by atomic mass is 19.1. The molecule has 2 aromatic heterocycles. The standard InChI is InChI=1S/C8H7FN2/c1-6-3-2-4-11-7(9)5-10-8(6)11/h2-5H,1H3. The van der Waals surface area contributed by atoms with Crippen molar-refractivity contribution in [3.8, 4) is 0 Å². The molecule has 0 atom stereocenters. The predicted molar refractivity (Wildman–Crippen MR) is 39.9 cm³/mol. The summed E-state index contributed by atoms with van der Waals surface area (Å²) < 4.78 is 14.3. The lowest BCUT2D eigenvalue weighted by molar-refractivity contribution is 0.572. The fraction of sp³-hybridized carbons (Fsp3) is 0.125. The monoisotopic (exact) mass is 150 g/mol. The van der Waals surface area contributed by atoms with Gasteiger partial charge in [-0.25, -0.2) is 4.98 Å². The second kappa shape index (κ2) is 2.05. The molecule has 0 radical (unpaired) electrons. The first-order valence-electron chi connectivity index (χ1n) is 3.37. The number of aromatic nitrogens is 2. The van der Waals surface area contributed by atoms with Gasteiger partial charge in [0.1, 0.15) is 5.65 Å². The normalized spacial score (nSPS) is 10.7. The van der Waals surface area contributed by atoms with Gasteiger partial charge in [0.05, 0.1) is 6.20 Å². The van der Waals surface area contributed by atoms with Crippen molar-refractivity contribution in [2.24, 2.45) is 0 Å². The Labute approximate surface area is 63.3 Å². The van der Waals surface area contributed by atoms with Crippen LogP contribution in [0.5, 0.6) is 0 Å². The molecule has 0 saturated heterocycles. The molecule has 11 heavy (non-hydrogen) atoms. The second-order valence-electron chi connectivity index (χ2n) is 2.47. The molecule has 2 aromatic rings. The van der Waals surface area contributed by atoms with E-state index in [0.717, 1.165) is 5.56 Å². The zero-order valence-corrected chi connectivity index (χ0v) is 6.08. The number of pyridine rings is 1. The van der Waals surface area contributed by atoms with Gasteiger partial charge in [-0.1, -0.05) is 6.07 Å². The first-order chi connectivity index (χ1) is 5.29. The Morgan fingerprint density at radius 3 is 3.09 bits per heavy atom. The number of hydrogen-bond donors (Lipinski definition) is 0. The predicted octanol–water partition coefficient (Wildman–Crippen LogP) is 1.78. The molecule has 0 bridgehead atoms. The maximum atomic E-state index is 12.8. The van der Waals surface area contributed by atoms with Crippen molar-refractivity contribution in [3.05, 3.63) is 36.0 Å². The Hall–Kier alpha value is -1.38. The fourth-order valence-corrected chi connectivity index (χ4v) is 1.12. The molecule has 2 heterocycles. The van der Waals surface area contributed by atoms with E-state index >= 15 is 0 Å². The Kier molecular flexibility index (Phi) is 1.18. The van der Waals surface area contributed by atoms with E-state index in [9.17, 15) is 4.39 Å². The highest BCUT2D eigenvalue weighted by molar-refractivity contribution is 5.46. The molecule has 0 aliphatic carbocycles. The Morgan fingerprint density at radius 2 is 2.36 bits per heavy atom. The first-order valence-corrected chi connectivity index (χ1v) is 3.37. The highest BCUT2D eigenvalue weighted by Gasteiger charge is 2.01. The average Bonchev–Trinajstić information content (AvgIpc) is 2.35. The van der Waals surface area contributed by atoms with E-state index in [-0.39, 0.29) is 5.95 Å². The summed E-state index contributed by atoms with van der Waals surface area (Å²) in [7, 11) is 0. The lowest BCUT2D eigenvalue weighted by atomic mass is 10.3. The molecular weight excluding hydrogens is 143 g/mol. The van der Waals surface area contributed by atoms with Crippen molar-refractivity contribution in [1.29, 1.82) is 0 Å². The lowest BCUT2D eigenvalue weighted by Crippen LogP contribution is -1.88. The van der Waals surface area contributed by atoms with Gasteiger partial charge in [-0.05, 0) is 18.6 Å². The van der Waals surface area contributed by atoms with Crippen molar-refractivity contribution in [2.45, 2.75) is 6.92 Å². The maximum absolute atomic E-state index is 12.8. The SMILES string of the molecule is Cc1cccn2c(F)cnc12. The van der Waals surface area contributed by atoms with Crippen LogP contribution < -0.4 is 0 Å². The van der Waals surface area contributed by atoms with Crippen molar-refractivity contribution in [2.75, 3.05) is 0 Å². The van der Waals surface area contributed by atoms with E-state index in [1.807, 2.05) is 13.0 Å². The zero-order chi connectivity index (χ0) is 7.84. The summed E-state index contributed by atoms with van der Waals surface area (Å²) in [6.07, 6.45) is 2.88. The van der Waals surface area contributed by atoms with E-state index < -0.39 is 0 Å². The van der Waals surface area contributed by atoms with Crippen molar-refractivity contribution >= 4 is 5.65 Å². The number of fused-ring (bicyclic) bond motifs is 1. The van der Waals surface area contributed by atoms with Crippen LogP contribution in [0, 0.1) is 12.9 Å². The average molecular weight is 150 g/mol. The molecule has 0 spiro atoms. The third-order valence-corrected chi connectivity index (χ3v) is 1.69. The largest absolute Gasteiger partial charge is 0.276 e. The van der Waals surface area contributed by atoms with Crippen LogP contribution in [0.2, 0.25) is 0 Å². The van der Waals surface area contributed by atoms with Crippen molar-refractivity contribution in [1.82, 2.24) is 9.38 Å². The number of halogens is 1. The zero-order valence-electron chi connectivity index (χ0n) is 6.08. The number of nitrogens with zero attached hydrogens (tertiary/aromatic N) is 2. The van der Waals surface area contributed by atoms with Gasteiger partial charge in [-0.15, -0.1) is 0 Å². The summed E-state index contributed by atoms with van der Waals surface area (Å²) in [6, 6.07) is 3.70. The maximum Gasteiger partial charge on any atom is 0.217 e. The van der Waals surface area contributed by atoms with Gasteiger partial charge >= 0.3 is 0 Å². The van der Waals surface area contributed by atoms with Crippen molar-refractivity contribution < 1.29 is 4.39 Å². The molecule has 2 rings (SSSR count). The smallest absolute Gasteiger partial charge is 0.217 e. The Balaban J connectivity index is 2.94. The lowest BCUT2D eigenvalue weighted by Gasteiger charge is -1.95. The quantitative estimate of drug-likeness (QED) is 0.559. The first kappa shape index (κ1) is 6.34. The molecule has 0 amide bonds. The van der Waals surface area contributed by atoms with Crippen molar-refractivity contribution in [3.63, 3.8) is 0 Å². The van der Waals surface area contributed by atoms with Crippen LogP contribution in [-0.4, -0.2) is 9.38 Å². The number of aryl methyl sites for hydroxylation is 1. The molecule has 0 aromatic carbocycles. The van der Waals surface area contributed by atoms with E-state index in [1.165, 1.54) is 10.6 Å². The van der Waals surface area contributed by atoms with Gasteiger partial charge in [0, 0.05) is 6.20 Å². The molecule has 0 unspecified atom stereocenters. The van der Waals surface area contributed by atoms with E-state index in [4.69, 9.17) is 0 Å². The van der Waals surface area contributed by atoms with Crippen LogP contribution in [0.25, 0.3) is 5.65 Å². The van der Waals surface area contributed by atoms with Crippen LogP contribution in [0.15, 0.2) is 24.5 Å². The molecule has 0 aliphatic rings. The second-order valence-corrected chi connectivity index (χ2v) is 2.47. The van der Waals surface area contributed by atoms with Crippen LogP contribution in [0.1, 0.15) is 5.56 Å². The number of hydrogen-bond acceptors (Lipinski definition) is 1. The van der Waals surface area contributed by atoms with E-state index in [2.05, 4.69) is 4.98 Å². The molecule has 0 aliphatic heterocycles. The summed E-state index contributed by atoms with van der Waals surface area (Å²) in [5.41, 5.74) is 1.67. The van der Waals surface area contributed by atoms with Gasteiger partial charge in [0.25, 0.3) is 0 Å². The van der Waals surface area contributed by atoms with Gasteiger partial charge in [0.15, 0.2) is 0 Å². The van der Waals surface area contributed by atoms with Crippen LogP contribution in [0.4, 0.5) is 4.39 Å². The minimum absolute atomic E-state index is 0.316. The van der Waals surface area contributed by atoms with Gasteiger partial charge in [-0.3, -0.25) is 4.40 Å². The number of imidazole rings is 1. The molecular formula is C8H7FN2. The van der Waals surface area contributed by atoms with E-state index in [1.54, 1.807) is 12.3 Å². The topological polar surface area (TPSA) is 17.3 Å². The summed E-state index contributed by atoms with van der Waals surface area (Å²) in [5.74, 6) is -0.316. The summed E-state index contributed by atoms with van der Waals surface area (Å²) >= 11 is 0. The molecule has 3 heteroatoms. The molecule has 0 fully saturated rings. The number of rotatable bonds is 0. The molecule has 56 valence electrons. The third-order valence-electron chi connectivity index (χ3n) is 1.69. The van der Waals surface area contributed by atoms with Gasteiger partial charge in [-0.2, -0.15) is 4.39 Å². The van der Waals surface area contributed by atoms with Crippen LogP contribution in [0.3, 0.4) is 0 Å². The Bertz CT molecular complexity index is 392. The van der Waals surface area contributed by atoms with Gasteiger partial charge < -0.3 is 0 Å². The summed E-state index contributed by atoms with van der Waals surface area (Å²) in [4.78, 5) is 3.91. The van der Waals surface area contributed by atoms with E-state index in [0.29, 0.717) is 5.65 Å². The third kappa shape index (κ3) is 0.808. The molecule has 2 nitrogen and oxygen atoms in total. The summed E-state index contributed by atoms with van der Waals surface area (Å²) in [5, 5.41) is 0. The summed E-state index contributed by atoms with van der Waals surface area (Å²) in [6.45, 7) is 1.90. The fourth-order valence-electron chi connectivity index (χ4n) is 1.12. The minimum Gasteiger partial charge on any atom is -0.276 e. The minimum atomic E-state index is -0.316. The molecule has 0 N–H and O–H groups in total. The Morgan fingerprint density at radius 1 is 1.55 bits per heavy atom.